The Labute approximate surface area is 103 Å². The Hall–Kier alpha value is -1.30. The van der Waals surface area contributed by atoms with E-state index in [1.165, 1.54) is 6.08 Å². The highest BCUT2D eigenvalue weighted by Gasteiger charge is 2.35. The van der Waals surface area contributed by atoms with Crippen LogP contribution in [0, 0.1) is 0 Å². The van der Waals surface area contributed by atoms with E-state index in [9.17, 15) is 8.42 Å². The average Bonchev–Trinajstić information content (AvgIpc) is 2.65. The normalized spacial score (nSPS) is 17.8. The molecule has 0 amide bonds. The molecule has 0 aromatic heterocycles. The number of benzene rings is 1. The average molecular weight is 265 g/mol. The van der Waals surface area contributed by atoms with Crippen LogP contribution in [0.5, 0.6) is 0 Å². The summed E-state index contributed by atoms with van der Waals surface area (Å²) in [6, 6.07) is 7.96. The molecule has 0 saturated carbocycles. The Kier molecular flexibility index (Phi) is 2.29. The fourth-order valence-electron chi connectivity index (χ4n) is 2.00. The SMILES string of the molecule is O=S(=O)(O)C1=CC=C2C(=[S+]c3ccccc32)C1. The van der Waals surface area contributed by atoms with Gasteiger partial charge in [0, 0.05) is 11.6 Å². The fourth-order valence-corrected chi connectivity index (χ4v) is 3.87. The second kappa shape index (κ2) is 3.60. The zero-order valence-corrected chi connectivity index (χ0v) is 10.4. The van der Waals surface area contributed by atoms with Crippen LogP contribution in [0.2, 0.25) is 0 Å². The third kappa shape index (κ3) is 1.76. The molecule has 0 spiro atoms. The van der Waals surface area contributed by atoms with Crippen molar-refractivity contribution in [2.24, 2.45) is 0 Å². The summed E-state index contributed by atoms with van der Waals surface area (Å²) in [4.78, 5) is 2.19. The Morgan fingerprint density at radius 3 is 2.71 bits per heavy atom. The van der Waals surface area contributed by atoms with Gasteiger partial charge in [0.1, 0.15) is 0 Å². The molecule has 3 nitrogen and oxygen atoms in total. The molecule has 2 aliphatic rings. The first-order valence-corrected chi connectivity index (χ1v) is 7.33. The first kappa shape index (κ1) is 10.8. The quantitative estimate of drug-likeness (QED) is 0.479. The van der Waals surface area contributed by atoms with E-state index < -0.39 is 10.1 Å². The third-order valence-corrected chi connectivity index (χ3v) is 4.94. The molecule has 3 rings (SSSR count). The largest absolute Gasteiger partial charge is 0.291 e. The van der Waals surface area contributed by atoms with Crippen LogP contribution in [-0.2, 0) is 21.5 Å². The van der Waals surface area contributed by atoms with Gasteiger partial charge in [-0.05, 0) is 18.2 Å². The topological polar surface area (TPSA) is 54.4 Å². The Morgan fingerprint density at radius 2 is 1.94 bits per heavy atom. The van der Waals surface area contributed by atoms with E-state index in [1.807, 2.05) is 24.3 Å². The van der Waals surface area contributed by atoms with Crippen LogP contribution in [0.15, 0.2) is 46.2 Å². The lowest BCUT2D eigenvalue weighted by atomic mass is 9.97. The van der Waals surface area contributed by atoms with E-state index in [4.69, 9.17) is 4.55 Å². The van der Waals surface area contributed by atoms with Gasteiger partial charge in [-0.3, -0.25) is 4.55 Å². The Morgan fingerprint density at radius 1 is 1.18 bits per heavy atom. The van der Waals surface area contributed by atoms with Crippen LogP contribution >= 0.6 is 0 Å². The van der Waals surface area contributed by atoms with Crippen molar-refractivity contribution >= 4 is 31.9 Å². The molecule has 1 aromatic carbocycles. The molecule has 86 valence electrons. The summed E-state index contributed by atoms with van der Waals surface area (Å²) >= 11 is 1.57. The predicted octanol–water partition coefficient (Wildman–Crippen LogP) is 1.87. The van der Waals surface area contributed by atoms with Gasteiger partial charge in [-0.1, -0.05) is 12.1 Å². The van der Waals surface area contributed by atoms with E-state index in [2.05, 4.69) is 0 Å². The van der Waals surface area contributed by atoms with Crippen LogP contribution in [0.25, 0.3) is 5.57 Å². The van der Waals surface area contributed by atoms with Crippen molar-refractivity contribution < 1.29 is 13.0 Å². The number of allylic oxidation sites excluding steroid dienone is 4. The Bertz CT molecular complexity index is 694. The van der Waals surface area contributed by atoms with Gasteiger partial charge in [-0.15, -0.1) is 0 Å². The van der Waals surface area contributed by atoms with Crippen molar-refractivity contribution in [2.75, 3.05) is 0 Å². The molecule has 0 radical (unpaired) electrons. The highest BCUT2D eigenvalue weighted by Crippen LogP contribution is 2.33. The molecule has 0 saturated heterocycles. The molecule has 1 aromatic rings. The summed E-state index contributed by atoms with van der Waals surface area (Å²) in [5.74, 6) is 0. The van der Waals surface area contributed by atoms with E-state index in [-0.39, 0.29) is 11.3 Å². The predicted molar refractivity (Wildman–Crippen MR) is 69.3 cm³/mol. The summed E-state index contributed by atoms with van der Waals surface area (Å²) in [6.07, 6.45) is 3.53. The third-order valence-electron chi connectivity index (χ3n) is 2.81. The maximum atomic E-state index is 11.1. The second-order valence-electron chi connectivity index (χ2n) is 3.89. The summed E-state index contributed by atoms with van der Waals surface area (Å²) in [7, 11) is -4.07. The number of hydrogen-bond donors (Lipinski definition) is 1. The van der Waals surface area contributed by atoms with Crippen LogP contribution in [-0.4, -0.2) is 17.8 Å². The maximum absolute atomic E-state index is 11.1. The summed E-state index contributed by atoms with van der Waals surface area (Å²) < 4.78 is 31.2. The first-order chi connectivity index (χ1) is 8.05. The van der Waals surface area contributed by atoms with Crippen LogP contribution in [0.4, 0.5) is 0 Å². The Balaban J connectivity index is 2.12. The molecule has 1 heterocycles. The van der Waals surface area contributed by atoms with Crippen LogP contribution < -0.4 is 0 Å². The zero-order chi connectivity index (χ0) is 12.0. The molecule has 5 heteroatoms. The van der Waals surface area contributed by atoms with E-state index in [0.717, 1.165) is 20.9 Å². The number of fused-ring (bicyclic) bond motifs is 3. The van der Waals surface area contributed by atoms with Gasteiger partial charge >= 0.3 is 0 Å². The highest BCUT2D eigenvalue weighted by atomic mass is 32.2. The molecular formula is C12H9O3S2+. The van der Waals surface area contributed by atoms with Crippen molar-refractivity contribution in [2.45, 2.75) is 11.3 Å². The van der Waals surface area contributed by atoms with Crippen molar-refractivity contribution in [1.29, 1.82) is 0 Å². The summed E-state index contributed by atoms with van der Waals surface area (Å²) in [5, 5.41) is 0. The van der Waals surface area contributed by atoms with Gasteiger partial charge in [0.05, 0.1) is 16.9 Å². The highest BCUT2D eigenvalue weighted by molar-refractivity contribution is 7.90. The van der Waals surface area contributed by atoms with Crippen LogP contribution in [0.1, 0.15) is 12.0 Å². The van der Waals surface area contributed by atoms with E-state index in [0.29, 0.717) is 0 Å². The van der Waals surface area contributed by atoms with Crippen molar-refractivity contribution in [3.05, 3.63) is 46.9 Å². The molecule has 0 fully saturated rings. The fraction of sp³-hybridized carbons (Fsp3) is 0.0833. The van der Waals surface area contributed by atoms with E-state index in [1.54, 1.807) is 17.4 Å². The second-order valence-corrected chi connectivity index (χ2v) is 6.50. The maximum Gasteiger partial charge on any atom is 0.291 e. The van der Waals surface area contributed by atoms with Crippen molar-refractivity contribution in [3.63, 3.8) is 0 Å². The standard InChI is InChI=1S/C12H8O3S2/c13-17(14,15)8-5-6-10-9-3-1-2-4-11(9)16-12(10)7-8/h1-6H,7H2/p+1. The molecule has 0 atom stereocenters. The number of hydrogen-bond acceptors (Lipinski definition) is 2. The van der Waals surface area contributed by atoms with Gasteiger partial charge in [0.25, 0.3) is 10.1 Å². The van der Waals surface area contributed by atoms with Crippen molar-refractivity contribution in [1.82, 2.24) is 0 Å². The van der Waals surface area contributed by atoms with Gasteiger partial charge in [-0.2, -0.15) is 8.42 Å². The molecule has 1 N–H and O–H groups in total. The first-order valence-electron chi connectivity index (χ1n) is 5.07. The smallest absolute Gasteiger partial charge is 0.282 e. The van der Waals surface area contributed by atoms with Gasteiger partial charge < -0.3 is 0 Å². The van der Waals surface area contributed by atoms with Crippen LogP contribution in [0.3, 0.4) is 0 Å². The summed E-state index contributed by atoms with van der Waals surface area (Å²) in [6.45, 7) is 0. The van der Waals surface area contributed by atoms with Gasteiger partial charge in [0.15, 0.2) is 0 Å². The van der Waals surface area contributed by atoms with Gasteiger partial charge in [0.2, 0.25) is 21.1 Å². The lowest BCUT2D eigenvalue weighted by Gasteiger charge is -2.06. The molecular weight excluding hydrogens is 256 g/mol. The molecule has 17 heavy (non-hydrogen) atoms. The molecule has 1 aliphatic heterocycles. The lowest BCUT2D eigenvalue weighted by Crippen LogP contribution is -2.11. The minimum absolute atomic E-state index is 0.0663. The minimum Gasteiger partial charge on any atom is -0.282 e. The molecule has 0 unspecified atom stereocenters. The number of rotatable bonds is 1. The van der Waals surface area contributed by atoms with Crippen molar-refractivity contribution in [3.8, 4) is 0 Å². The molecule has 0 bridgehead atoms. The lowest BCUT2D eigenvalue weighted by molar-refractivity contribution is 0.490. The summed E-state index contributed by atoms with van der Waals surface area (Å²) in [5.41, 5.74) is 2.20. The van der Waals surface area contributed by atoms with E-state index >= 15 is 0 Å². The monoisotopic (exact) mass is 265 g/mol. The minimum atomic E-state index is -4.07. The van der Waals surface area contributed by atoms with Gasteiger partial charge in [-0.25, -0.2) is 0 Å². The zero-order valence-electron chi connectivity index (χ0n) is 8.75. The molecule has 1 aliphatic carbocycles.